The van der Waals surface area contributed by atoms with E-state index in [0.29, 0.717) is 6.04 Å². The van der Waals surface area contributed by atoms with Crippen LogP contribution in [0.25, 0.3) is 5.32 Å². The molecule has 85 valence electrons. The molecule has 2 rings (SSSR count). The Kier molecular flexibility index (Phi) is 5.78. The average molecular weight is 336 g/mol. The van der Waals surface area contributed by atoms with Crippen LogP contribution in [-0.2, 0) is 4.74 Å². The van der Waals surface area contributed by atoms with Gasteiger partial charge in [0, 0.05) is 61.3 Å². The van der Waals surface area contributed by atoms with Crippen LogP contribution < -0.4 is 0 Å². The maximum absolute atomic E-state index is 5.91. The van der Waals surface area contributed by atoms with E-state index in [1.165, 1.54) is 13.1 Å². The van der Waals surface area contributed by atoms with E-state index >= 15 is 0 Å². The van der Waals surface area contributed by atoms with E-state index in [2.05, 4.69) is 24.1 Å². The van der Waals surface area contributed by atoms with Gasteiger partial charge >= 0.3 is 0 Å². The molecule has 3 nitrogen and oxygen atoms in total. The fourth-order valence-corrected chi connectivity index (χ4v) is 2.41. The Labute approximate surface area is 121 Å². The number of ether oxygens (including phenoxy) is 1. The predicted octanol–water partition coefficient (Wildman–Crippen LogP) is 1.63. The van der Waals surface area contributed by atoms with Crippen molar-refractivity contribution in [2.24, 2.45) is 0 Å². The van der Waals surface area contributed by atoms with Gasteiger partial charge in [-0.05, 0) is 26.7 Å². The smallest absolute Gasteiger partial charge is 0.0519 e. The van der Waals surface area contributed by atoms with E-state index in [-0.39, 0.29) is 41.2 Å². The van der Waals surface area contributed by atoms with E-state index in [1.807, 2.05) is 0 Å². The van der Waals surface area contributed by atoms with Crippen molar-refractivity contribution < 1.29 is 40.3 Å². The molecular formula is C11H21LaN2O-. The van der Waals surface area contributed by atoms with E-state index in [1.54, 1.807) is 0 Å². The van der Waals surface area contributed by atoms with Gasteiger partial charge in [-0.3, -0.25) is 0 Å². The molecule has 0 atom stereocenters. The van der Waals surface area contributed by atoms with Crippen LogP contribution in [0.2, 0.25) is 0 Å². The van der Waals surface area contributed by atoms with Crippen LogP contribution in [0.3, 0.4) is 0 Å². The molecule has 0 N–H and O–H groups in total. The zero-order valence-electron chi connectivity index (χ0n) is 9.91. The molecule has 0 saturated carbocycles. The molecule has 2 aliphatic heterocycles. The molecule has 2 heterocycles. The summed E-state index contributed by atoms with van der Waals surface area (Å²) in [5, 5.41) is 4.48. The van der Waals surface area contributed by atoms with Crippen LogP contribution in [0.4, 0.5) is 0 Å². The number of hydrogen-bond acceptors (Lipinski definition) is 2. The van der Waals surface area contributed by atoms with Crippen molar-refractivity contribution in [3.05, 3.63) is 5.32 Å². The van der Waals surface area contributed by atoms with Crippen molar-refractivity contribution in [2.75, 3.05) is 32.8 Å². The molecule has 0 aromatic heterocycles. The van der Waals surface area contributed by atoms with Crippen LogP contribution in [-0.4, -0.2) is 49.3 Å². The van der Waals surface area contributed by atoms with E-state index in [9.17, 15) is 0 Å². The minimum Gasteiger partial charge on any atom is -0.658 e. The Hall–Kier alpha value is 1.07. The molecule has 1 spiro atoms. The molecule has 0 aliphatic carbocycles. The largest absolute Gasteiger partial charge is 0.658 e. The van der Waals surface area contributed by atoms with Gasteiger partial charge in [0.2, 0.25) is 0 Å². The second-order valence-electron chi connectivity index (χ2n) is 4.77. The van der Waals surface area contributed by atoms with Gasteiger partial charge in [-0.1, -0.05) is 0 Å². The maximum atomic E-state index is 5.91. The number of rotatable bonds is 1. The number of hydrogen-bond donors (Lipinski definition) is 0. The van der Waals surface area contributed by atoms with Crippen molar-refractivity contribution in [1.82, 2.24) is 4.90 Å². The molecule has 2 aliphatic rings. The quantitative estimate of drug-likeness (QED) is 0.728. The SMILES string of the molecule is CC(C)N1CCC2(CC1)C[N-]CCO2.[La]. The Bertz CT molecular complexity index is 183. The van der Waals surface area contributed by atoms with Crippen molar-refractivity contribution in [2.45, 2.75) is 38.3 Å². The monoisotopic (exact) mass is 336 g/mol. The standard InChI is InChI=1S/C11H21N2O.La/c1-10(2)13-6-3-11(4-7-13)9-12-5-8-14-11;/h10H,3-9H2,1-2H3;/q-1;. The number of nitrogens with zero attached hydrogens (tertiary/aromatic N) is 2. The molecule has 0 aromatic rings. The van der Waals surface area contributed by atoms with Gasteiger partial charge in [0.1, 0.15) is 0 Å². The summed E-state index contributed by atoms with van der Waals surface area (Å²) in [7, 11) is 0. The van der Waals surface area contributed by atoms with Gasteiger partial charge in [-0.15, -0.1) is 13.1 Å². The minimum atomic E-state index is 0. The van der Waals surface area contributed by atoms with Crippen LogP contribution in [0.5, 0.6) is 0 Å². The summed E-state index contributed by atoms with van der Waals surface area (Å²) in [6, 6.07) is 0.674. The maximum Gasteiger partial charge on any atom is 0.0519 e. The topological polar surface area (TPSA) is 26.6 Å². The zero-order chi connectivity index (χ0) is 10.0. The summed E-state index contributed by atoms with van der Waals surface area (Å²) in [6.07, 6.45) is 2.32. The third-order valence-corrected chi connectivity index (χ3v) is 3.50. The van der Waals surface area contributed by atoms with E-state index in [0.717, 1.165) is 32.5 Å². The molecule has 15 heavy (non-hydrogen) atoms. The van der Waals surface area contributed by atoms with Crippen LogP contribution in [0, 0.1) is 35.6 Å². The summed E-state index contributed by atoms with van der Waals surface area (Å²) < 4.78 is 5.91. The van der Waals surface area contributed by atoms with Gasteiger partial charge in [-0.2, -0.15) is 0 Å². The van der Waals surface area contributed by atoms with E-state index < -0.39 is 0 Å². The van der Waals surface area contributed by atoms with Crippen molar-refractivity contribution in [3.63, 3.8) is 0 Å². The Morgan fingerprint density at radius 1 is 1.27 bits per heavy atom. The fourth-order valence-electron chi connectivity index (χ4n) is 2.41. The molecule has 0 aromatic carbocycles. The zero-order valence-corrected chi connectivity index (χ0v) is 13.5. The van der Waals surface area contributed by atoms with Crippen molar-refractivity contribution in [1.29, 1.82) is 0 Å². The van der Waals surface area contributed by atoms with Gasteiger partial charge in [-0.25, -0.2) is 0 Å². The molecule has 0 unspecified atom stereocenters. The number of piperidine rings is 1. The van der Waals surface area contributed by atoms with Gasteiger partial charge < -0.3 is 15.0 Å². The summed E-state index contributed by atoms with van der Waals surface area (Å²) in [4.78, 5) is 2.53. The molecular weight excluding hydrogens is 315 g/mol. The molecule has 1 radical (unpaired) electrons. The first-order valence-electron chi connectivity index (χ1n) is 5.73. The first-order chi connectivity index (χ1) is 6.72. The fraction of sp³-hybridized carbons (Fsp3) is 1.00. The second kappa shape index (κ2) is 6.13. The molecule has 0 amide bonds. The Morgan fingerprint density at radius 3 is 2.40 bits per heavy atom. The third kappa shape index (κ3) is 3.52. The van der Waals surface area contributed by atoms with Crippen LogP contribution >= 0.6 is 0 Å². The summed E-state index contributed by atoms with van der Waals surface area (Å²) >= 11 is 0. The minimum absolute atomic E-state index is 0. The van der Waals surface area contributed by atoms with Crippen LogP contribution in [0.1, 0.15) is 26.7 Å². The van der Waals surface area contributed by atoms with Crippen molar-refractivity contribution in [3.8, 4) is 0 Å². The Morgan fingerprint density at radius 2 is 1.93 bits per heavy atom. The average Bonchev–Trinajstić information content (AvgIpc) is 2.19. The molecule has 4 heteroatoms. The normalized spacial score (nSPS) is 26.6. The first kappa shape index (κ1) is 14.1. The van der Waals surface area contributed by atoms with Crippen LogP contribution in [0.15, 0.2) is 0 Å². The van der Waals surface area contributed by atoms with Gasteiger partial charge in [0.05, 0.1) is 5.60 Å². The molecule has 2 saturated heterocycles. The second-order valence-corrected chi connectivity index (χ2v) is 4.77. The first-order valence-corrected chi connectivity index (χ1v) is 5.73. The number of morpholine rings is 1. The van der Waals surface area contributed by atoms with Crippen molar-refractivity contribution >= 4 is 0 Å². The van der Waals surface area contributed by atoms with Gasteiger partial charge in [0.25, 0.3) is 0 Å². The van der Waals surface area contributed by atoms with E-state index in [4.69, 9.17) is 4.74 Å². The summed E-state index contributed by atoms with van der Waals surface area (Å²) in [6.45, 7) is 9.55. The molecule has 2 fully saturated rings. The summed E-state index contributed by atoms with van der Waals surface area (Å²) in [5.74, 6) is 0. The predicted molar refractivity (Wildman–Crippen MR) is 57.7 cm³/mol. The van der Waals surface area contributed by atoms with Gasteiger partial charge in [0.15, 0.2) is 0 Å². The summed E-state index contributed by atoms with van der Waals surface area (Å²) in [5.41, 5.74) is 0.115. The molecule has 0 bridgehead atoms. The third-order valence-electron chi connectivity index (χ3n) is 3.50. The number of likely N-dealkylation sites (tertiary alicyclic amines) is 1. The Balaban J connectivity index is 0.00000112.